The largest absolute Gasteiger partial charge is 0.388 e. The molecule has 0 fully saturated rings. The van der Waals surface area contributed by atoms with Crippen LogP contribution < -0.4 is 5.32 Å². The lowest BCUT2D eigenvalue weighted by atomic mass is 10.1. The van der Waals surface area contributed by atoms with Crippen LogP contribution >= 0.6 is 11.8 Å². The second kappa shape index (κ2) is 6.36. The van der Waals surface area contributed by atoms with Crippen LogP contribution in [0, 0.1) is 12.3 Å². The zero-order valence-electron chi connectivity index (χ0n) is 7.76. The third-order valence-corrected chi connectivity index (χ3v) is 2.32. The maximum atomic E-state index is 9.68. The Kier molecular flexibility index (Phi) is 6.27. The van der Waals surface area contributed by atoms with Gasteiger partial charge in [-0.25, -0.2) is 0 Å². The van der Waals surface area contributed by atoms with Crippen LogP contribution in [0.2, 0.25) is 0 Å². The molecule has 0 aromatic carbocycles. The van der Waals surface area contributed by atoms with Crippen LogP contribution in [0.4, 0.5) is 0 Å². The van der Waals surface area contributed by atoms with Gasteiger partial charge in [-0.1, -0.05) is 0 Å². The minimum absolute atomic E-state index is 0.607. The van der Waals surface area contributed by atoms with Crippen molar-refractivity contribution in [1.29, 1.82) is 0 Å². The Hall–Kier alpha value is -0.170. The molecule has 0 aliphatic heterocycles. The molecule has 0 bridgehead atoms. The van der Waals surface area contributed by atoms with Crippen molar-refractivity contribution in [3.8, 4) is 12.3 Å². The first-order valence-electron chi connectivity index (χ1n) is 3.98. The summed E-state index contributed by atoms with van der Waals surface area (Å²) in [6, 6.07) is 0. The number of hydrogen-bond acceptors (Lipinski definition) is 3. The third-order valence-electron chi connectivity index (χ3n) is 1.41. The van der Waals surface area contributed by atoms with Gasteiger partial charge in [0.05, 0.1) is 5.60 Å². The predicted octanol–water partition coefficient (Wildman–Crippen LogP) is 0.713. The Morgan fingerprint density at radius 2 is 2.33 bits per heavy atom. The minimum Gasteiger partial charge on any atom is -0.388 e. The molecular weight excluding hydrogens is 170 g/mol. The van der Waals surface area contributed by atoms with Gasteiger partial charge in [0.15, 0.2) is 0 Å². The Morgan fingerprint density at radius 3 is 2.83 bits per heavy atom. The van der Waals surface area contributed by atoms with Gasteiger partial charge in [-0.2, -0.15) is 11.8 Å². The number of nitrogens with one attached hydrogen (secondary N) is 1. The van der Waals surface area contributed by atoms with Gasteiger partial charge in [0.1, 0.15) is 0 Å². The normalized spacial score (nSPS) is 15.2. The lowest BCUT2D eigenvalue weighted by molar-refractivity contribution is 0.0853. The quantitative estimate of drug-likeness (QED) is 0.474. The number of rotatable bonds is 6. The molecule has 0 amide bonds. The summed E-state index contributed by atoms with van der Waals surface area (Å²) >= 11 is 1.64. The standard InChI is InChI=1S/C9H17NOS/c1-4-5-6-10-7-9(2,11)8-12-3/h1,10-11H,5-8H2,2-3H3. The van der Waals surface area contributed by atoms with E-state index < -0.39 is 5.60 Å². The number of hydrogen-bond donors (Lipinski definition) is 2. The fourth-order valence-electron chi connectivity index (χ4n) is 0.880. The van der Waals surface area contributed by atoms with E-state index in [1.165, 1.54) is 0 Å². The predicted molar refractivity (Wildman–Crippen MR) is 55.3 cm³/mol. The second-order valence-corrected chi connectivity index (χ2v) is 3.93. The Morgan fingerprint density at radius 1 is 1.67 bits per heavy atom. The van der Waals surface area contributed by atoms with E-state index >= 15 is 0 Å². The number of aliphatic hydroxyl groups is 1. The summed E-state index contributed by atoms with van der Waals surface area (Å²) in [7, 11) is 0. The maximum Gasteiger partial charge on any atom is 0.0833 e. The highest BCUT2D eigenvalue weighted by Gasteiger charge is 2.18. The van der Waals surface area contributed by atoms with Crippen LogP contribution in [-0.4, -0.2) is 35.8 Å². The first-order chi connectivity index (χ1) is 5.62. The van der Waals surface area contributed by atoms with Gasteiger partial charge in [0, 0.05) is 25.3 Å². The van der Waals surface area contributed by atoms with Crippen molar-refractivity contribution < 1.29 is 5.11 Å². The highest BCUT2D eigenvalue weighted by Crippen LogP contribution is 2.08. The molecular formula is C9H17NOS. The molecule has 0 saturated carbocycles. The lowest BCUT2D eigenvalue weighted by Crippen LogP contribution is -2.40. The van der Waals surface area contributed by atoms with Gasteiger partial charge in [-0.3, -0.25) is 0 Å². The first-order valence-corrected chi connectivity index (χ1v) is 5.37. The van der Waals surface area contributed by atoms with Crippen molar-refractivity contribution in [2.75, 3.05) is 25.1 Å². The van der Waals surface area contributed by atoms with E-state index in [-0.39, 0.29) is 0 Å². The summed E-state index contributed by atoms with van der Waals surface area (Å²) in [5.41, 5.74) is -0.617. The average molecular weight is 187 g/mol. The van der Waals surface area contributed by atoms with Crippen molar-refractivity contribution in [3.05, 3.63) is 0 Å². The molecule has 2 N–H and O–H groups in total. The summed E-state index contributed by atoms with van der Waals surface area (Å²) in [6.07, 6.45) is 7.78. The second-order valence-electron chi connectivity index (χ2n) is 3.06. The highest BCUT2D eigenvalue weighted by atomic mass is 32.2. The summed E-state index contributed by atoms with van der Waals surface area (Å²) in [5, 5.41) is 12.8. The Balaban J connectivity index is 3.41. The van der Waals surface area contributed by atoms with Crippen molar-refractivity contribution in [2.45, 2.75) is 18.9 Å². The summed E-state index contributed by atoms with van der Waals surface area (Å²) < 4.78 is 0. The molecule has 0 rings (SSSR count). The molecule has 3 heteroatoms. The van der Waals surface area contributed by atoms with E-state index in [1.54, 1.807) is 11.8 Å². The maximum absolute atomic E-state index is 9.68. The zero-order chi connectivity index (χ0) is 9.45. The molecule has 0 spiro atoms. The van der Waals surface area contributed by atoms with Crippen molar-refractivity contribution >= 4 is 11.8 Å². The van der Waals surface area contributed by atoms with Crippen LogP contribution in [0.1, 0.15) is 13.3 Å². The molecule has 0 heterocycles. The van der Waals surface area contributed by atoms with Crippen LogP contribution in [0.15, 0.2) is 0 Å². The zero-order valence-corrected chi connectivity index (χ0v) is 8.58. The molecule has 0 aliphatic carbocycles. The lowest BCUT2D eigenvalue weighted by Gasteiger charge is -2.22. The van der Waals surface area contributed by atoms with Crippen LogP contribution in [0.25, 0.3) is 0 Å². The van der Waals surface area contributed by atoms with Crippen molar-refractivity contribution in [1.82, 2.24) is 5.32 Å². The molecule has 1 unspecified atom stereocenters. The monoisotopic (exact) mass is 187 g/mol. The molecule has 0 radical (unpaired) electrons. The van der Waals surface area contributed by atoms with Gasteiger partial charge >= 0.3 is 0 Å². The van der Waals surface area contributed by atoms with Gasteiger partial charge in [-0.05, 0) is 13.2 Å². The fourth-order valence-corrected chi connectivity index (χ4v) is 1.60. The highest BCUT2D eigenvalue weighted by molar-refractivity contribution is 7.98. The van der Waals surface area contributed by atoms with E-state index in [0.717, 1.165) is 18.7 Å². The number of thioether (sulfide) groups is 1. The molecule has 2 nitrogen and oxygen atoms in total. The Labute approximate surface area is 79.1 Å². The van der Waals surface area contributed by atoms with Gasteiger partial charge in [0.25, 0.3) is 0 Å². The molecule has 0 aliphatic rings. The summed E-state index contributed by atoms with van der Waals surface area (Å²) in [5.74, 6) is 3.28. The molecule has 1 atom stereocenters. The Bertz CT molecular complexity index is 151. The summed E-state index contributed by atoms with van der Waals surface area (Å²) in [4.78, 5) is 0. The van der Waals surface area contributed by atoms with E-state index in [9.17, 15) is 5.11 Å². The van der Waals surface area contributed by atoms with Crippen molar-refractivity contribution in [2.24, 2.45) is 0 Å². The molecule has 0 aromatic rings. The van der Waals surface area contributed by atoms with E-state index in [4.69, 9.17) is 6.42 Å². The van der Waals surface area contributed by atoms with E-state index in [2.05, 4.69) is 11.2 Å². The molecule has 0 saturated heterocycles. The van der Waals surface area contributed by atoms with Crippen LogP contribution in [0.5, 0.6) is 0 Å². The first kappa shape index (κ1) is 11.8. The minimum atomic E-state index is -0.617. The van der Waals surface area contributed by atoms with Gasteiger partial charge in [-0.15, -0.1) is 12.3 Å². The molecule has 12 heavy (non-hydrogen) atoms. The topological polar surface area (TPSA) is 32.3 Å². The SMILES string of the molecule is C#CCCNCC(C)(O)CSC. The third kappa shape index (κ3) is 6.53. The van der Waals surface area contributed by atoms with Crippen LogP contribution in [-0.2, 0) is 0 Å². The smallest absolute Gasteiger partial charge is 0.0833 e. The fraction of sp³-hybridized carbons (Fsp3) is 0.778. The van der Waals surface area contributed by atoms with Crippen LogP contribution in [0.3, 0.4) is 0 Å². The molecule has 0 aromatic heterocycles. The summed E-state index contributed by atoms with van der Waals surface area (Å²) in [6.45, 7) is 3.21. The van der Waals surface area contributed by atoms with E-state index in [1.807, 2.05) is 13.2 Å². The average Bonchev–Trinajstić information content (AvgIpc) is 1.98. The molecule has 70 valence electrons. The van der Waals surface area contributed by atoms with Crippen molar-refractivity contribution in [3.63, 3.8) is 0 Å². The van der Waals surface area contributed by atoms with E-state index in [0.29, 0.717) is 6.54 Å². The number of terminal acetylenes is 1. The van der Waals surface area contributed by atoms with Gasteiger partial charge < -0.3 is 10.4 Å². The van der Waals surface area contributed by atoms with Gasteiger partial charge in [0.2, 0.25) is 0 Å².